The number of imidazole rings is 1. The van der Waals surface area contributed by atoms with Crippen LogP contribution in [-0.4, -0.2) is 20.6 Å². The molecule has 6 heteroatoms. The fourth-order valence-electron chi connectivity index (χ4n) is 2.37. The van der Waals surface area contributed by atoms with Gasteiger partial charge >= 0.3 is 5.97 Å². The SMILES string of the molecule is O=C(O)[C@@H]1C[C@H]1c1ccc(Cn2cnc(Cl)c2)c(Cl)c1. The van der Waals surface area contributed by atoms with Crippen molar-refractivity contribution in [2.24, 2.45) is 5.92 Å². The molecular formula is C14H12Cl2N2O2. The summed E-state index contributed by atoms with van der Waals surface area (Å²) in [5, 5.41) is 10.0. The van der Waals surface area contributed by atoms with E-state index in [-0.39, 0.29) is 11.8 Å². The van der Waals surface area contributed by atoms with Gasteiger partial charge in [0.25, 0.3) is 0 Å². The summed E-state index contributed by atoms with van der Waals surface area (Å²) in [5.41, 5.74) is 1.95. The van der Waals surface area contributed by atoms with Crippen molar-refractivity contribution in [3.8, 4) is 0 Å². The third-order valence-corrected chi connectivity index (χ3v) is 4.11. The van der Waals surface area contributed by atoms with E-state index in [0.717, 1.165) is 11.1 Å². The molecule has 1 saturated carbocycles. The zero-order valence-corrected chi connectivity index (χ0v) is 12.0. The maximum absolute atomic E-state index is 10.9. The minimum atomic E-state index is -0.733. The Balaban J connectivity index is 1.76. The van der Waals surface area contributed by atoms with Crippen molar-refractivity contribution in [3.05, 3.63) is 52.0 Å². The summed E-state index contributed by atoms with van der Waals surface area (Å²) in [6.45, 7) is 0.589. The number of hydrogen-bond donors (Lipinski definition) is 1. The van der Waals surface area contributed by atoms with Crippen molar-refractivity contribution in [1.29, 1.82) is 0 Å². The summed E-state index contributed by atoms with van der Waals surface area (Å²) in [4.78, 5) is 14.8. The van der Waals surface area contributed by atoms with Gasteiger partial charge in [-0.15, -0.1) is 0 Å². The molecule has 2 aromatic rings. The van der Waals surface area contributed by atoms with Crippen molar-refractivity contribution in [2.75, 3.05) is 0 Å². The highest BCUT2D eigenvalue weighted by Gasteiger charge is 2.44. The van der Waals surface area contributed by atoms with E-state index in [1.807, 2.05) is 22.8 Å². The van der Waals surface area contributed by atoms with Gasteiger partial charge in [-0.2, -0.15) is 0 Å². The van der Waals surface area contributed by atoms with Crippen molar-refractivity contribution < 1.29 is 9.90 Å². The lowest BCUT2D eigenvalue weighted by Crippen LogP contribution is -2.00. The first-order valence-electron chi connectivity index (χ1n) is 6.23. The fourth-order valence-corrected chi connectivity index (χ4v) is 2.79. The van der Waals surface area contributed by atoms with Crippen molar-refractivity contribution in [3.63, 3.8) is 0 Å². The van der Waals surface area contributed by atoms with Crippen molar-refractivity contribution >= 4 is 29.2 Å². The lowest BCUT2D eigenvalue weighted by Gasteiger charge is -2.07. The predicted octanol–water partition coefficient (Wildman–Crippen LogP) is 3.43. The van der Waals surface area contributed by atoms with E-state index in [2.05, 4.69) is 4.98 Å². The number of aromatic nitrogens is 2. The molecule has 0 aliphatic heterocycles. The molecule has 0 radical (unpaired) electrons. The van der Waals surface area contributed by atoms with E-state index < -0.39 is 5.97 Å². The van der Waals surface area contributed by atoms with Crippen molar-refractivity contribution in [1.82, 2.24) is 9.55 Å². The van der Waals surface area contributed by atoms with Crippen LogP contribution >= 0.6 is 23.2 Å². The Hall–Kier alpha value is -1.52. The molecule has 1 N–H and O–H groups in total. The number of carboxylic acids is 1. The van der Waals surface area contributed by atoms with E-state index >= 15 is 0 Å². The highest BCUT2D eigenvalue weighted by atomic mass is 35.5. The molecule has 0 spiro atoms. The van der Waals surface area contributed by atoms with Crippen LogP contribution in [0.2, 0.25) is 10.2 Å². The van der Waals surface area contributed by atoms with Gasteiger partial charge in [-0.1, -0.05) is 35.3 Å². The number of carboxylic acid groups (broad SMARTS) is 1. The van der Waals surface area contributed by atoms with Gasteiger partial charge < -0.3 is 9.67 Å². The highest BCUT2D eigenvalue weighted by Crippen LogP contribution is 2.48. The number of halogens is 2. The van der Waals surface area contributed by atoms with Crippen LogP contribution in [0.15, 0.2) is 30.7 Å². The van der Waals surface area contributed by atoms with Gasteiger partial charge in [-0.05, 0) is 29.5 Å². The second-order valence-electron chi connectivity index (χ2n) is 5.01. The van der Waals surface area contributed by atoms with Gasteiger partial charge in [0.1, 0.15) is 5.15 Å². The van der Waals surface area contributed by atoms with Crippen LogP contribution in [0, 0.1) is 5.92 Å². The Morgan fingerprint density at radius 2 is 2.25 bits per heavy atom. The summed E-state index contributed by atoms with van der Waals surface area (Å²) < 4.78 is 1.85. The minimum absolute atomic E-state index is 0.0988. The molecule has 3 rings (SSSR count). The van der Waals surface area contributed by atoms with Crippen LogP contribution in [-0.2, 0) is 11.3 Å². The second kappa shape index (κ2) is 5.11. The maximum atomic E-state index is 10.9. The van der Waals surface area contributed by atoms with Gasteiger partial charge in [-0.3, -0.25) is 4.79 Å². The molecule has 104 valence electrons. The van der Waals surface area contributed by atoms with E-state index in [9.17, 15) is 4.79 Å². The Morgan fingerprint density at radius 1 is 1.45 bits per heavy atom. The lowest BCUT2D eigenvalue weighted by molar-refractivity contribution is -0.138. The summed E-state index contributed by atoms with van der Waals surface area (Å²) >= 11 is 12.0. The third kappa shape index (κ3) is 2.67. The minimum Gasteiger partial charge on any atom is -0.481 e. The molecule has 1 fully saturated rings. The van der Waals surface area contributed by atoms with Gasteiger partial charge in [0.15, 0.2) is 0 Å². The average molecular weight is 311 g/mol. The largest absolute Gasteiger partial charge is 0.481 e. The van der Waals surface area contributed by atoms with Crippen LogP contribution in [0.5, 0.6) is 0 Å². The summed E-state index contributed by atoms with van der Waals surface area (Å²) in [6.07, 6.45) is 4.07. The predicted molar refractivity (Wildman–Crippen MR) is 76.3 cm³/mol. The molecule has 1 aliphatic carbocycles. The first-order chi connectivity index (χ1) is 9.54. The van der Waals surface area contributed by atoms with E-state index in [0.29, 0.717) is 23.1 Å². The molecule has 2 atom stereocenters. The Morgan fingerprint density at radius 3 is 2.80 bits per heavy atom. The summed E-state index contributed by atoms with van der Waals surface area (Å²) in [5.74, 6) is -0.894. The van der Waals surface area contributed by atoms with E-state index in [4.69, 9.17) is 28.3 Å². The molecule has 0 bridgehead atoms. The number of carbonyl (C=O) groups is 1. The molecule has 4 nitrogen and oxygen atoms in total. The van der Waals surface area contributed by atoms with Gasteiger partial charge in [0.2, 0.25) is 0 Å². The maximum Gasteiger partial charge on any atom is 0.307 e. The molecule has 1 aromatic carbocycles. The van der Waals surface area contributed by atoms with Gasteiger partial charge in [0.05, 0.1) is 18.8 Å². The number of benzene rings is 1. The quantitative estimate of drug-likeness (QED) is 0.941. The number of hydrogen-bond acceptors (Lipinski definition) is 2. The van der Waals surface area contributed by atoms with Crippen LogP contribution in [0.3, 0.4) is 0 Å². The monoisotopic (exact) mass is 310 g/mol. The molecule has 1 aliphatic rings. The summed E-state index contributed by atoms with van der Waals surface area (Å²) in [6, 6.07) is 5.75. The fraction of sp³-hybridized carbons (Fsp3) is 0.286. The smallest absolute Gasteiger partial charge is 0.307 e. The van der Waals surface area contributed by atoms with E-state index in [1.54, 1.807) is 12.5 Å². The molecule has 1 heterocycles. The first kappa shape index (κ1) is 13.5. The van der Waals surface area contributed by atoms with E-state index in [1.165, 1.54) is 0 Å². The number of rotatable bonds is 4. The lowest BCUT2D eigenvalue weighted by atomic mass is 10.1. The normalized spacial score (nSPS) is 20.9. The molecule has 20 heavy (non-hydrogen) atoms. The zero-order valence-electron chi connectivity index (χ0n) is 10.5. The number of nitrogens with zero attached hydrogens (tertiary/aromatic N) is 2. The highest BCUT2D eigenvalue weighted by molar-refractivity contribution is 6.31. The van der Waals surface area contributed by atoms with Crippen LogP contribution in [0.4, 0.5) is 0 Å². The Bertz CT molecular complexity index is 669. The van der Waals surface area contributed by atoms with Gasteiger partial charge in [-0.25, -0.2) is 4.98 Å². The second-order valence-corrected chi connectivity index (χ2v) is 5.80. The Kier molecular flexibility index (Phi) is 3.44. The molecule has 0 amide bonds. The first-order valence-corrected chi connectivity index (χ1v) is 6.98. The standard InChI is InChI=1S/C14H12Cl2N2O2/c15-12-3-8(10-4-11(10)14(19)20)1-2-9(12)5-18-6-13(16)17-7-18/h1-3,6-7,10-11H,4-5H2,(H,19,20)/t10-,11+/m0/s1. The molecule has 0 unspecified atom stereocenters. The topological polar surface area (TPSA) is 55.1 Å². The zero-order chi connectivity index (χ0) is 14.3. The average Bonchev–Trinajstić information content (AvgIpc) is 3.10. The molecule has 0 saturated heterocycles. The third-order valence-electron chi connectivity index (χ3n) is 3.57. The van der Waals surface area contributed by atoms with Crippen LogP contribution in [0.1, 0.15) is 23.5 Å². The van der Waals surface area contributed by atoms with Crippen LogP contribution < -0.4 is 0 Å². The molecule has 1 aromatic heterocycles. The van der Waals surface area contributed by atoms with Crippen LogP contribution in [0.25, 0.3) is 0 Å². The summed E-state index contributed by atoms with van der Waals surface area (Å²) in [7, 11) is 0. The Labute approximate surface area is 126 Å². The van der Waals surface area contributed by atoms with Crippen molar-refractivity contribution in [2.45, 2.75) is 18.9 Å². The molecular weight excluding hydrogens is 299 g/mol. The number of aliphatic carboxylic acids is 1. The van der Waals surface area contributed by atoms with Gasteiger partial charge in [0, 0.05) is 11.2 Å².